The van der Waals surface area contributed by atoms with Crippen LogP contribution in [0.15, 0.2) is 0 Å². The lowest BCUT2D eigenvalue weighted by molar-refractivity contribution is 0.0705. The first-order chi connectivity index (χ1) is 6.61. The summed E-state index contributed by atoms with van der Waals surface area (Å²) in [6, 6.07) is 0. The molecule has 84 valence electrons. The van der Waals surface area contributed by atoms with Gasteiger partial charge in [0.15, 0.2) is 8.46 Å². The second-order valence-electron chi connectivity index (χ2n) is 3.29. The van der Waals surface area contributed by atoms with E-state index < -0.39 is 6.10 Å². The van der Waals surface area contributed by atoms with E-state index in [0.717, 1.165) is 0 Å². The maximum absolute atomic E-state index is 10.9. The summed E-state index contributed by atoms with van der Waals surface area (Å²) in [5, 5.41) is 12.1. The molecule has 0 radical (unpaired) electrons. The summed E-state index contributed by atoms with van der Waals surface area (Å²) in [6.07, 6.45) is 0.130. The van der Waals surface area contributed by atoms with Crippen molar-refractivity contribution in [3.63, 3.8) is 0 Å². The molecule has 0 fully saturated rings. The second-order valence-corrected chi connectivity index (χ2v) is 5.85. The number of rotatable bonds is 7. The first kappa shape index (κ1) is 15.5. The van der Waals surface area contributed by atoms with Gasteiger partial charge in [-0.25, -0.2) is 0 Å². The van der Waals surface area contributed by atoms with Gasteiger partial charge in [-0.1, -0.05) is 54.7 Å². The molecule has 2 atom stereocenters. The van der Waals surface area contributed by atoms with Gasteiger partial charge in [0.2, 0.25) is 0 Å². The molecule has 0 aromatic carbocycles. The van der Waals surface area contributed by atoms with Gasteiger partial charge >= 0.3 is 0 Å². The Bertz CT molecular complexity index is 168. The fraction of sp³-hybridized carbons (Fsp3) is 1.00. The Kier molecular flexibility index (Phi) is 8.55. The minimum Gasteiger partial charge on any atom is -0.391 e. The number of aliphatic hydroxyl groups is 1. The van der Waals surface area contributed by atoms with E-state index in [1.54, 1.807) is 0 Å². The summed E-state index contributed by atoms with van der Waals surface area (Å²) in [5.41, 5.74) is -0.486. The normalized spacial score (nSPS) is 16.9. The molecular formula is C8H14Br3O2P. The zero-order valence-electron chi connectivity index (χ0n) is 7.92. The molecule has 6 heteroatoms. The molecule has 0 heterocycles. The summed E-state index contributed by atoms with van der Waals surface area (Å²) in [6.45, 7) is 1.93. The van der Waals surface area contributed by atoms with Crippen molar-refractivity contribution in [1.82, 2.24) is 0 Å². The highest BCUT2D eigenvalue weighted by Crippen LogP contribution is 2.35. The maximum Gasteiger partial charge on any atom is 0.161 e. The van der Waals surface area contributed by atoms with Gasteiger partial charge in [0.25, 0.3) is 0 Å². The topological polar surface area (TPSA) is 37.3 Å². The maximum atomic E-state index is 10.9. The smallest absolute Gasteiger partial charge is 0.161 e. The summed E-state index contributed by atoms with van der Waals surface area (Å²) in [7, 11) is 0.0189. The van der Waals surface area contributed by atoms with E-state index >= 15 is 0 Å². The average molecular weight is 413 g/mol. The summed E-state index contributed by atoms with van der Waals surface area (Å²) in [5.74, 6) is 0. The molecule has 0 aliphatic heterocycles. The minimum atomic E-state index is -0.579. The van der Waals surface area contributed by atoms with Crippen molar-refractivity contribution in [2.75, 3.05) is 16.0 Å². The molecule has 0 aromatic heterocycles. The van der Waals surface area contributed by atoms with E-state index in [1.807, 2.05) is 6.92 Å². The predicted molar refractivity (Wildman–Crippen MR) is 71.5 cm³/mol. The van der Waals surface area contributed by atoms with Crippen LogP contribution in [-0.2, 0) is 4.57 Å². The van der Waals surface area contributed by atoms with Crippen LogP contribution in [0.4, 0.5) is 0 Å². The van der Waals surface area contributed by atoms with Crippen molar-refractivity contribution in [2.45, 2.75) is 25.1 Å². The third-order valence-electron chi connectivity index (χ3n) is 2.34. The standard InChI is InChI=1S/C8H14Br3O2P/c1-2-6(14-13)7(12)8(3-9,4-10)5-11/h6-7,12H,2-5H2,1H3. The predicted octanol–water partition coefficient (Wildman–Crippen LogP) is 3.59. The molecule has 0 spiro atoms. The lowest BCUT2D eigenvalue weighted by atomic mass is 9.86. The highest BCUT2D eigenvalue weighted by atomic mass is 79.9. The van der Waals surface area contributed by atoms with E-state index in [4.69, 9.17) is 0 Å². The van der Waals surface area contributed by atoms with Gasteiger partial charge in [-0.3, -0.25) is 4.57 Å². The monoisotopic (exact) mass is 410 g/mol. The fourth-order valence-electron chi connectivity index (χ4n) is 1.11. The van der Waals surface area contributed by atoms with E-state index in [2.05, 4.69) is 47.8 Å². The summed E-state index contributed by atoms with van der Waals surface area (Å²) < 4.78 is 10.9. The van der Waals surface area contributed by atoms with Crippen molar-refractivity contribution in [3.8, 4) is 0 Å². The van der Waals surface area contributed by atoms with E-state index in [1.165, 1.54) is 0 Å². The largest absolute Gasteiger partial charge is 0.391 e. The van der Waals surface area contributed by atoms with Gasteiger partial charge in [-0.15, -0.1) is 0 Å². The van der Waals surface area contributed by atoms with Crippen LogP contribution >= 0.6 is 56.2 Å². The highest BCUT2D eigenvalue weighted by molar-refractivity contribution is 9.10. The van der Waals surface area contributed by atoms with Crippen molar-refractivity contribution >= 4 is 56.2 Å². The van der Waals surface area contributed by atoms with Crippen molar-refractivity contribution < 1.29 is 9.67 Å². The van der Waals surface area contributed by atoms with Crippen LogP contribution in [0.2, 0.25) is 0 Å². The van der Waals surface area contributed by atoms with Crippen LogP contribution in [0.25, 0.3) is 0 Å². The van der Waals surface area contributed by atoms with Gasteiger partial charge in [0, 0.05) is 21.4 Å². The van der Waals surface area contributed by atoms with Crippen molar-refractivity contribution in [2.24, 2.45) is 5.41 Å². The number of halogens is 3. The molecule has 0 saturated heterocycles. The lowest BCUT2D eigenvalue weighted by Gasteiger charge is -2.35. The molecule has 0 aromatic rings. The van der Waals surface area contributed by atoms with Gasteiger partial charge < -0.3 is 5.11 Å². The van der Waals surface area contributed by atoms with Crippen molar-refractivity contribution in [3.05, 3.63) is 0 Å². The average Bonchev–Trinajstić information content (AvgIpc) is 2.23. The van der Waals surface area contributed by atoms with Crippen molar-refractivity contribution in [1.29, 1.82) is 0 Å². The quantitative estimate of drug-likeness (QED) is 0.512. The lowest BCUT2D eigenvalue weighted by Crippen LogP contribution is -2.45. The van der Waals surface area contributed by atoms with Gasteiger partial charge in [-0.2, -0.15) is 0 Å². The van der Waals surface area contributed by atoms with Crippen LogP contribution in [-0.4, -0.2) is 32.9 Å². The number of hydrogen-bond donors (Lipinski definition) is 1. The first-order valence-electron chi connectivity index (χ1n) is 4.30. The van der Waals surface area contributed by atoms with Crippen LogP contribution in [0, 0.1) is 5.41 Å². The molecule has 0 aliphatic rings. The van der Waals surface area contributed by atoms with Gasteiger partial charge in [-0.05, 0) is 6.42 Å². The molecular weight excluding hydrogens is 399 g/mol. The fourth-order valence-corrected chi connectivity index (χ4v) is 5.47. The molecule has 0 saturated carbocycles. The Labute approximate surface area is 112 Å². The third kappa shape index (κ3) is 3.51. The van der Waals surface area contributed by atoms with E-state index in [0.29, 0.717) is 22.4 Å². The zero-order valence-corrected chi connectivity index (χ0v) is 13.6. The van der Waals surface area contributed by atoms with Crippen LogP contribution in [0.5, 0.6) is 0 Å². The second kappa shape index (κ2) is 7.72. The molecule has 0 bridgehead atoms. The SMILES string of the molecule is CCC(P=O)C(O)C(CBr)(CBr)CBr. The van der Waals surface area contributed by atoms with Crippen LogP contribution in [0.3, 0.4) is 0 Å². The number of alkyl halides is 3. The molecule has 0 amide bonds. The highest BCUT2D eigenvalue weighted by Gasteiger charge is 2.39. The number of aliphatic hydroxyl groups excluding tert-OH is 1. The molecule has 2 unspecified atom stereocenters. The molecule has 14 heavy (non-hydrogen) atoms. The Hall–Kier alpha value is 1.50. The van der Waals surface area contributed by atoms with Crippen LogP contribution < -0.4 is 0 Å². The minimum absolute atomic E-state index is 0.0189. The van der Waals surface area contributed by atoms with Crippen LogP contribution in [0.1, 0.15) is 13.3 Å². The van der Waals surface area contributed by atoms with E-state index in [9.17, 15) is 9.67 Å². The third-order valence-corrected chi connectivity index (χ3v) is 6.61. The molecule has 1 N–H and O–H groups in total. The summed E-state index contributed by atoms with van der Waals surface area (Å²) >= 11 is 10.2. The Morgan fingerprint density at radius 1 is 1.29 bits per heavy atom. The molecule has 2 nitrogen and oxygen atoms in total. The number of hydrogen-bond acceptors (Lipinski definition) is 2. The summed E-state index contributed by atoms with van der Waals surface area (Å²) in [4.78, 5) is 0. The Morgan fingerprint density at radius 3 is 1.93 bits per heavy atom. The Morgan fingerprint density at radius 2 is 1.71 bits per heavy atom. The van der Waals surface area contributed by atoms with Gasteiger partial charge in [0.1, 0.15) is 0 Å². The van der Waals surface area contributed by atoms with E-state index in [-0.39, 0.29) is 19.5 Å². The molecule has 0 aliphatic carbocycles. The zero-order chi connectivity index (χ0) is 11.2. The Balaban J connectivity index is 4.72. The molecule has 0 rings (SSSR count). The first-order valence-corrected chi connectivity index (χ1v) is 8.54. The van der Waals surface area contributed by atoms with Gasteiger partial charge in [0.05, 0.1) is 11.8 Å².